The summed E-state index contributed by atoms with van der Waals surface area (Å²) < 4.78 is 13.0. The van der Waals surface area contributed by atoms with E-state index in [4.69, 9.17) is 0 Å². The Morgan fingerprint density at radius 2 is 1.83 bits per heavy atom. The molecule has 0 aromatic heterocycles. The van der Waals surface area contributed by atoms with Crippen molar-refractivity contribution in [1.82, 2.24) is 4.90 Å². The molecule has 0 aliphatic carbocycles. The van der Waals surface area contributed by atoms with Gasteiger partial charge in [-0.25, -0.2) is 9.38 Å². The van der Waals surface area contributed by atoms with Crippen LogP contribution in [0.4, 0.5) is 10.1 Å². The predicted octanol–water partition coefficient (Wildman–Crippen LogP) is 4.16. The summed E-state index contributed by atoms with van der Waals surface area (Å²) in [5.41, 5.74) is 1.42. The first kappa shape index (κ1) is 16.3. The summed E-state index contributed by atoms with van der Waals surface area (Å²) in [5.74, 6) is -0.269. The molecule has 122 valence electrons. The van der Waals surface area contributed by atoms with Crippen LogP contribution in [0.5, 0.6) is 5.75 Å². The number of carbonyl (C=O) groups is 1. The van der Waals surface area contributed by atoms with E-state index >= 15 is 0 Å². The third-order valence-electron chi connectivity index (χ3n) is 3.45. The Kier molecular flexibility index (Phi) is 4.66. The fraction of sp³-hybridized carbons (Fsp3) is 0.111. The molecule has 2 aromatic rings. The zero-order valence-electron chi connectivity index (χ0n) is 12.9. The van der Waals surface area contributed by atoms with E-state index in [1.165, 1.54) is 23.9 Å². The Morgan fingerprint density at radius 1 is 1.17 bits per heavy atom. The van der Waals surface area contributed by atoms with Crippen molar-refractivity contribution < 1.29 is 14.3 Å². The SMILES string of the molecule is CCN1C(=O)/C(=C/c2ccc(F)cc2)SC1=Nc1ccc(O)cc1. The molecular weight excluding hydrogens is 327 g/mol. The average Bonchev–Trinajstić information content (AvgIpc) is 2.86. The van der Waals surface area contributed by atoms with Crippen molar-refractivity contribution in [3.63, 3.8) is 0 Å². The lowest BCUT2D eigenvalue weighted by Crippen LogP contribution is -2.28. The lowest BCUT2D eigenvalue weighted by atomic mass is 10.2. The molecule has 0 bridgehead atoms. The minimum Gasteiger partial charge on any atom is -0.508 e. The van der Waals surface area contributed by atoms with Crippen LogP contribution in [0, 0.1) is 5.82 Å². The van der Waals surface area contributed by atoms with Crippen molar-refractivity contribution in [2.24, 2.45) is 4.99 Å². The monoisotopic (exact) mass is 342 g/mol. The highest BCUT2D eigenvalue weighted by molar-refractivity contribution is 8.18. The van der Waals surface area contributed by atoms with Crippen LogP contribution >= 0.6 is 11.8 Å². The van der Waals surface area contributed by atoms with E-state index < -0.39 is 0 Å². The van der Waals surface area contributed by atoms with Gasteiger partial charge in [-0.1, -0.05) is 12.1 Å². The third-order valence-corrected chi connectivity index (χ3v) is 4.45. The molecule has 0 radical (unpaired) electrons. The number of amides is 1. The number of aliphatic imine (C=N–C) groups is 1. The van der Waals surface area contributed by atoms with Gasteiger partial charge in [-0.2, -0.15) is 0 Å². The van der Waals surface area contributed by atoms with Crippen LogP contribution in [0.2, 0.25) is 0 Å². The number of hydrogen-bond acceptors (Lipinski definition) is 4. The maximum atomic E-state index is 13.0. The van der Waals surface area contributed by atoms with Gasteiger partial charge in [0.05, 0.1) is 10.6 Å². The summed E-state index contributed by atoms with van der Waals surface area (Å²) in [5, 5.41) is 9.91. The summed E-state index contributed by atoms with van der Waals surface area (Å²) in [4.78, 5) is 19.1. The van der Waals surface area contributed by atoms with E-state index in [2.05, 4.69) is 4.99 Å². The standard InChI is InChI=1S/C18H15FN2O2S/c1-2-21-17(23)16(11-12-3-5-13(19)6-4-12)24-18(21)20-14-7-9-15(22)10-8-14/h3-11,22H,2H2,1H3/b16-11-,20-18?. The third kappa shape index (κ3) is 3.49. The highest BCUT2D eigenvalue weighted by atomic mass is 32.2. The summed E-state index contributed by atoms with van der Waals surface area (Å²) in [6.07, 6.45) is 1.73. The minimum absolute atomic E-state index is 0.121. The average molecular weight is 342 g/mol. The second-order valence-corrected chi connectivity index (χ2v) is 6.13. The molecule has 1 aliphatic rings. The number of likely N-dealkylation sites (N-methyl/N-ethyl adjacent to an activating group) is 1. The molecule has 1 N–H and O–H groups in total. The van der Waals surface area contributed by atoms with E-state index in [9.17, 15) is 14.3 Å². The van der Waals surface area contributed by atoms with Crippen LogP contribution in [0.3, 0.4) is 0 Å². The van der Waals surface area contributed by atoms with Gasteiger partial charge in [-0.05, 0) is 66.7 Å². The Morgan fingerprint density at radius 3 is 2.46 bits per heavy atom. The number of phenols is 1. The molecule has 2 aromatic carbocycles. The minimum atomic E-state index is -0.313. The van der Waals surface area contributed by atoms with E-state index in [-0.39, 0.29) is 17.5 Å². The number of amidine groups is 1. The van der Waals surface area contributed by atoms with Gasteiger partial charge < -0.3 is 5.11 Å². The highest BCUT2D eigenvalue weighted by Gasteiger charge is 2.32. The van der Waals surface area contributed by atoms with Gasteiger partial charge in [0, 0.05) is 6.54 Å². The number of phenolic OH excluding ortho intramolecular Hbond substituents is 1. The molecule has 0 unspecified atom stereocenters. The van der Waals surface area contributed by atoms with E-state index in [0.717, 1.165) is 5.56 Å². The topological polar surface area (TPSA) is 52.9 Å². The largest absolute Gasteiger partial charge is 0.508 e. The fourth-order valence-electron chi connectivity index (χ4n) is 2.22. The number of carbonyl (C=O) groups excluding carboxylic acids is 1. The number of rotatable bonds is 3. The lowest BCUT2D eigenvalue weighted by Gasteiger charge is -2.11. The Bertz CT molecular complexity index is 814. The zero-order valence-corrected chi connectivity index (χ0v) is 13.8. The maximum Gasteiger partial charge on any atom is 0.266 e. The van der Waals surface area contributed by atoms with Crippen LogP contribution < -0.4 is 0 Å². The summed E-state index contributed by atoms with van der Waals surface area (Å²) >= 11 is 1.28. The predicted molar refractivity (Wildman–Crippen MR) is 94.6 cm³/mol. The summed E-state index contributed by atoms with van der Waals surface area (Å²) in [6.45, 7) is 2.38. The first-order valence-corrected chi connectivity index (χ1v) is 8.23. The van der Waals surface area contributed by atoms with E-state index in [0.29, 0.717) is 22.3 Å². The van der Waals surface area contributed by atoms with Gasteiger partial charge in [0.1, 0.15) is 11.6 Å². The van der Waals surface area contributed by atoms with Crippen LogP contribution in [0.15, 0.2) is 58.4 Å². The number of aromatic hydroxyl groups is 1. The maximum absolute atomic E-state index is 13.0. The highest BCUT2D eigenvalue weighted by Crippen LogP contribution is 2.34. The molecule has 4 nitrogen and oxygen atoms in total. The molecular formula is C18H15FN2O2S. The molecule has 0 atom stereocenters. The zero-order chi connectivity index (χ0) is 17.1. The normalized spacial score (nSPS) is 17.9. The number of hydrogen-bond donors (Lipinski definition) is 1. The molecule has 1 amide bonds. The number of benzene rings is 2. The van der Waals surface area contributed by atoms with Crippen LogP contribution in [0.25, 0.3) is 6.08 Å². The van der Waals surface area contributed by atoms with Gasteiger partial charge >= 0.3 is 0 Å². The van der Waals surface area contributed by atoms with E-state index in [1.807, 2.05) is 6.92 Å². The second kappa shape index (κ2) is 6.88. The Balaban J connectivity index is 1.91. The molecule has 3 rings (SSSR count). The van der Waals surface area contributed by atoms with Crippen LogP contribution in [-0.2, 0) is 4.79 Å². The van der Waals surface area contributed by atoms with Crippen molar-refractivity contribution in [3.05, 3.63) is 64.8 Å². The molecule has 6 heteroatoms. The van der Waals surface area contributed by atoms with Crippen LogP contribution in [-0.4, -0.2) is 27.6 Å². The summed E-state index contributed by atoms with van der Waals surface area (Å²) in [6, 6.07) is 12.4. The van der Waals surface area contributed by atoms with Gasteiger partial charge in [0.25, 0.3) is 5.91 Å². The first-order valence-electron chi connectivity index (χ1n) is 7.41. The fourth-order valence-corrected chi connectivity index (χ4v) is 3.28. The van der Waals surface area contributed by atoms with Gasteiger partial charge in [-0.15, -0.1) is 0 Å². The number of thioether (sulfide) groups is 1. The number of halogens is 1. The lowest BCUT2D eigenvalue weighted by molar-refractivity contribution is -0.122. The molecule has 1 heterocycles. The van der Waals surface area contributed by atoms with Crippen molar-refractivity contribution in [1.29, 1.82) is 0 Å². The van der Waals surface area contributed by atoms with Crippen molar-refractivity contribution in [2.75, 3.05) is 6.54 Å². The van der Waals surface area contributed by atoms with E-state index in [1.54, 1.807) is 47.4 Å². The molecule has 24 heavy (non-hydrogen) atoms. The molecule has 1 saturated heterocycles. The second-order valence-electron chi connectivity index (χ2n) is 5.12. The quantitative estimate of drug-likeness (QED) is 0.853. The van der Waals surface area contributed by atoms with Crippen molar-refractivity contribution in [2.45, 2.75) is 6.92 Å². The van der Waals surface area contributed by atoms with Crippen molar-refractivity contribution >= 4 is 34.6 Å². The Hall–Kier alpha value is -2.60. The molecule has 1 aliphatic heterocycles. The van der Waals surface area contributed by atoms with Crippen molar-refractivity contribution in [3.8, 4) is 5.75 Å². The molecule has 0 saturated carbocycles. The number of nitrogens with zero attached hydrogens (tertiary/aromatic N) is 2. The smallest absolute Gasteiger partial charge is 0.266 e. The first-order chi connectivity index (χ1) is 11.6. The van der Waals surface area contributed by atoms with Crippen LogP contribution in [0.1, 0.15) is 12.5 Å². The van der Waals surface area contributed by atoms with Gasteiger partial charge in [0.2, 0.25) is 0 Å². The summed E-state index contributed by atoms with van der Waals surface area (Å²) in [7, 11) is 0. The molecule has 1 fully saturated rings. The van der Waals surface area contributed by atoms with Gasteiger partial charge in [0.15, 0.2) is 5.17 Å². The Labute approximate surface area is 143 Å². The molecule has 0 spiro atoms. The van der Waals surface area contributed by atoms with Gasteiger partial charge in [-0.3, -0.25) is 9.69 Å².